The Morgan fingerprint density at radius 1 is 1.19 bits per heavy atom. The van der Waals surface area contributed by atoms with Crippen molar-refractivity contribution in [2.75, 3.05) is 5.73 Å². The zero-order valence-electron chi connectivity index (χ0n) is 11.8. The van der Waals surface area contributed by atoms with Gasteiger partial charge in [-0.15, -0.1) is 0 Å². The van der Waals surface area contributed by atoms with Gasteiger partial charge in [-0.25, -0.2) is 18.1 Å². The van der Waals surface area contributed by atoms with Crippen LogP contribution in [0.4, 0.5) is 5.82 Å². The highest BCUT2D eigenvalue weighted by atomic mass is 32.2. The second-order valence-electron chi connectivity index (χ2n) is 5.54. The number of aromatic nitrogens is 2. The Morgan fingerprint density at radius 2 is 1.90 bits per heavy atom. The number of nitrogens with two attached hydrogens (primary N) is 1. The first-order valence-corrected chi connectivity index (χ1v) is 8.81. The van der Waals surface area contributed by atoms with E-state index in [1.165, 1.54) is 17.2 Å². The van der Waals surface area contributed by atoms with E-state index >= 15 is 0 Å². The minimum absolute atomic E-state index is 0.00818. The van der Waals surface area contributed by atoms with Crippen LogP contribution in [-0.2, 0) is 10.0 Å². The lowest BCUT2D eigenvalue weighted by Crippen LogP contribution is -2.35. The van der Waals surface area contributed by atoms with Crippen LogP contribution in [0, 0.1) is 0 Å². The van der Waals surface area contributed by atoms with Crippen molar-refractivity contribution in [2.24, 2.45) is 0 Å². The van der Waals surface area contributed by atoms with Crippen LogP contribution in [0.25, 0.3) is 5.65 Å². The largest absolute Gasteiger partial charge is 0.381 e. The van der Waals surface area contributed by atoms with Gasteiger partial charge in [-0.05, 0) is 25.0 Å². The zero-order valence-corrected chi connectivity index (χ0v) is 12.6. The third kappa shape index (κ3) is 2.89. The average molecular weight is 308 g/mol. The van der Waals surface area contributed by atoms with Crippen LogP contribution in [0.5, 0.6) is 0 Å². The molecule has 0 aromatic carbocycles. The lowest BCUT2D eigenvalue weighted by atomic mass is 10.1. The van der Waals surface area contributed by atoms with Crippen LogP contribution >= 0.6 is 0 Å². The number of nitrogens with zero attached hydrogens (tertiary/aromatic N) is 2. The number of nitrogen functional groups attached to an aromatic ring is 1. The molecule has 0 saturated heterocycles. The van der Waals surface area contributed by atoms with E-state index in [0.29, 0.717) is 5.65 Å². The molecule has 1 aliphatic rings. The van der Waals surface area contributed by atoms with E-state index < -0.39 is 10.0 Å². The van der Waals surface area contributed by atoms with Crippen molar-refractivity contribution in [3.63, 3.8) is 0 Å². The Labute approximate surface area is 124 Å². The Balaban J connectivity index is 1.94. The van der Waals surface area contributed by atoms with Crippen LogP contribution < -0.4 is 10.5 Å². The van der Waals surface area contributed by atoms with Crippen molar-refractivity contribution in [2.45, 2.75) is 49.6 Å². The summed E-state index contributed by atoms with van der Waals surface area (Å²) in [6.07, 6.45) is 7.92. The normalized spacial score (nSPS) is 17.9. The molecule has 1 saturated carbocycles. The molecule has 2 aromatic heterocycles. The summed E-state index contributed by atoms with van der Waals surface area (Å²) in [6.45, 7) is 0. The number of imidazole rings is 1. The first-order valence-electron chi connectivity index (χ1n) is 7.33. The molecule has 0 unspecified atom stereocenters. The minimum atomic E-state index is -3.66. The van der Waals surface area contributed by atoms with Crippen molar-refractivity contribution in [1.29, 1.82) is 0 Å². The molecule has 1 fully saturated rings. The van der Waals surface area contributed by atoms with Crippen molar-refractivity contribution in [1.82, 2.24) is 14.1 Å². The molecule has 2 aromatic rings. The summed E-state index contributed by atoms with van der Waals surface area (Å²) < 4.78 is 29.6. The standard InChI is InChI=1S/C14H20N4O2S/c15-13-14(18-10-6-5-9-12(18)16-13)21(19,20)17-11-7-3-1-2-4-8-11/h5-6,9-11,17H,1-4,7-8,15H2. The number of fused-ring (bicyclic) bond motifs is 1. The third-order valence-corrected chi connectivity index (χ3v) is 5.50. The molecule has 1 aliphatic carbocycles. The molecular weight excluding hydrogens is 288 g/mol. The number of hydrogen-bond donors (Lipinski definition) is 2. The van der Waals surface area contributed by atoms with E-state index in [1.807, 2.05) is 0 Å². The summed E-state index contributed by atoms with van der Waals surface area (Å²) in [4.78, 5) is 4.11. The molecule has 7 heteroatoms. The van der Waals surface area contributed by atoms with Crippen molar-refractivity contribution >= 4 is 21.5 Å². The van der Waals surface area contributed by atoms with Gasteiger partial charge in [-0.2, -0.15) is 0 Å². The molecule has 114 valence electrons. The number of sulfonamides is 1. The predicted octanol–water partition coefficient (Wildman–Crippen LogP) is 1.92. The second kappa shape index (κ2) is 5.65. The molecular formula is C14H20N4O2S. The van der Waals surface area contributed by atoms with Crippen LogP contribution in [0.15, 0.2) is 29.4 Å². The average Bonchev–Trinajstić information content (AvgIpc) is 2.59. The summed E-state index contributed by atoms with van der Waals surface area (Å²) in [5.74, 6) is 0.0438. The molecule has 0 aliphatic heterocycles. The van der Waals surface area contributed by atoms with E-state index in [0.717, 1.165) is 25.7 Å². The maximum atomic E-state index is 12.7. The molecule has 0 amide bonds. The predicted molar refractivity (Wildman–Crippen MR) is 81.4 cm³/mol. The van der Waals surface area contributed by atoms with Gasteiger partial charge < -0.3 is 5.73 Å². The monoisotopic (exact) mass is 308 g/mol. The fourth-order valence-electron chi connectivity index (χ4n) is 2.93. The molecule has 0 spiro atoms. The van der Waals surface area contributed by atoms with Gasteiger partial charge in [0.15, 0.2) is 10.8 Å². The maximum Gasteiger partial charge on any atom is 0.260 e. The number of anilines is 1. The summed E-state index contributed by atoms with van der Waals surface area (Å²) >= 11 is 0. The van der Waals surface area contributed by atoms with Crippen molar-refractivity contribution < 1.29 is 8.42 Å². The molecule has 3 N–H and O–H groups in total. The van der Waals surface area contributed by atoms with Crippen LogP contribution in [0.1, 0.15) is 38.5 Å². The molecule has 0 radical (unpaired) electrons. The van der Waals surface area contributed by atoms with Crippen molar-refractivity contribution in [3.8, 4) is 0 Å². The minimum Gasteiger partial charge on any atom is -0.381 e. The van der Waals surface area contributed by atoms with Gasteiger partial charge in [0.2, 0.25) is 0 Å². The van der Waals surface area contributed by atoms with E-state index in [2.05, 4.69) is 9.71 Å². The van der Waals surface area contributed by atoms with Gasteiger partial charge in [-0.1, -0.05) is 31.7 Å². The Bertz CT molecular complexity index is 731. The van der Waals surface area contributed by atoms with Gasteiger partial charge in [0, 0.05) is 12.2 Å². The Hall–Kier alpha value is -1.60. The highest BCUT2D eigenvalue weighted by molar-refractivity contribution is 7.89. The first kappa shape index (κ1) is 14.3. The van der Waals surface area contributed by atoms with Crippen LogP contribution in [0.2, 0.25) is 0 Å². The second-order valence-corrected chi connectivity index (χ2v) is 7.17. The van der Waals surface area contributed by atoms with E-state index in [4.69, 9.17) is 5.73 Å². The lowest BCUT2D eigenvalue weighted by molar-refractivity contribution is 0.508. The van der Waals surface area contributed by atoms with E-state index in [-0.39, 0.29) is 16.9 Å². The first-order chi connectivity index (χ1) is 10.1. The highest BCUT2D eigenvalue weighted by Gasteiger charge is 2.27. The zero-order chi connectivity index (χ0) is 14.9. The molecule has 3 rings (SSSR count). The Morgan fingerprint density at radius 3 is 2.62 bits per heavy atom. The quantitative estimate of drug-likeness (QED) is 0.848. The number of hydrogen-bond acceptors (Lipinski definition) is 4. The Kier molecular flexibility index (Phi) is 3.86. The molecule has 2 heterocycles. The molecule has 21 heavy (non-hydrogen) atoms. The summed E-state index contributed by atoms with van der Waals surface area (Å²) in [7, 11) is -3.66. The number of nitrogens with one attached hydrogen (secondary N) is 1. The maximum absolute atomic E-state index is 12.7. The summed E-state index contributed by atoms with van der Waals surface area (Å²) in [5.41, 5.74) is 6.36. The van der Waals surface area contributed by atoms with Gasteiger partial charge in [0.05, 0.1) is 0 Å². The van der Waals surface area contributed by atoms with Crippen molar-refractivity contribution in [3.05, 3.63) is 24.4 Å². The van der Waals surface area contributed by atoms with Crippen LogP contribution in [0.3, 0.4) is 0 Å². The van der Waals surface area contributed by atoms with Gasteiger partial charge in [-0.3, -0.25) is 4.40 Å². The smallest absolute Gasteiger partial charge is 0.260 e. The molecule has 6 nitrogen and oxygen atoms in total. The van der Waals surface area contributed by atoms with E-state index in [1.54, 1.807) is 24.4 Å². The van der Waals surface area contributed by atoms with Crippen LogP contribution in [-0.4, -0.2) is 23.8 Å². The fraction of sp³-hybridized carbons (Fsp3) is 0.500. The number of pyridine rings is 1. The SMILES string of the molecule is Nc1nc2ccccn2c1S(=O)(=O)NC1CCCCCC1. The fourth-order valence-corrected chi connectivity index (χ4v) is 4.45. The number of rotatable bonds is 3. The lowest BCUT2D eigenvalue weighted by Gasteiger charge is -2.16. The summed E-state index contributed by atoms with van der Waals surface area (Å²) in [6, 6.07) is 5.29. The van der Waals surface area contributed by atoms with Gasteiger partial charge in [0.1, 0.15) is 5.65 Å². The topological polar surface area (TPSA) is 89.5 Å². The van der Waals surface area contributed by atoms with Gasteiger partial charge >= 0.3 is 0 Å². The highest BCUT2D eigenvalue weighted by Crippen LogP contribution is 2.23. The van der Waals surface area contributed by atoms with Gasteiger partial charge in [0.25, 0.3) is 10.0 Å². The summed E-state index contributed by atoms with van der Waals surface area (Å²) in [5, 5.41) is 0.0438. The van der Waals surface area contributed by atoms with E-state index in [9.17, 15) is 8.42 Å². The third-order valence-electron chi connectivity index (χ3n) is 3.94. The molecule has 0 bridgehead atoms. The molecule has 0 atom stereocenters.